The molecule has 216 valence electrons. The van der Waals surface area contributed by atoms with Crippen molar-refractivity contribution in [3.05, 3.63) is 0 Å². The molecule has 0 aliphatic carbocycles. The third-order valence-electron chi connectivity index (χ3n) is 7.70. The van der Waals surface area contributed by atoms with Gasteiger partial charge in [-0.3, -0.25) is 0 Å². The van der Waals surface area contributed by atoms with E-state index < -0.39 is 0 Å². The Balaban J connectivity index is -0.00000332. The van der Waals surface area contributed by atoms with E-state index >= 15 is 0 Å². The van der Waals surface area contributed by atoms with Crippen molar-refractivity contribution < 1.29 is 8.97 Å². The van der Waals surface area contributed by atoms with E-state index in [1.807, 2.05) is 0 Å². The van der Waals surface area contributed by atoms with Crippen molar-refractivity contribution in [1.82, 2.24) is 0 Å². The normalized spacial score (nSPS) is 11.7. The van der Waals surface area contributed by atoms with Gasteiger partial charge in [0.1, 0.15) is 0 Å². The van der Waals surface area contributed by atoms with Gasteiger partial charge in [-0.2, -0.15) is 0 Å². The van der Waals surface area contributed by atoms with Gasteiger partial charge in [0.05, 0.1) is 52.4 Å². The molecule has 0 N–H and O–H groups in total. The first-order valence-electron chi connectivity index (χ1n) is 15.4. The summed E-state index contributed by atoms with van der Waals surface area (Å²) in [6, 6.07) is 0. The summed E-state index contributed by atoms with van der Waals surface area (Å²) in [7, 11) is 0. The predicted octanol–water partition coefficient (Wildman–Crippen LogP) is 11.3. The van der Waals surface area contributed by atoms with E-state index in [9.17, 15) is 0 Å². The number of halogens is 2. The number of rotatable bonds is 25. The van der Waals surface area contributed by atoms with Crippen LogP contribution >= 0.6 is 28.3 Å². The third kappa shape index (κ3) is 21.5. The molecule has 0 radical (unpaired) electrons. The topological polar surface area (TPSA) is 0 Å². The Morgan fingerprint density at radius 1 is 0.314 bits per heavy atom. The number of unbranched alkanes of at least 4 members (excludes halogenated alkanes) is 9. The van der Waals surface area contributed by atoms with Crippen molar-refractivity contribution in [3.8, 4) is 0 Å². The lowest BCUT2D eigenvalue weighted by Gasteiger charge is -2.38. The molecule has 0 spiro atoms. The Morgan fingerprint density at radius 3 is 0.657 bits per heavy atom. The molecule has 0 unspecified atom stereocenters. The van der Waals surface area contributed by atoms with Crippen molar-refractivity contribution in [1.29, 1.82) is 0 Å². The molecule has 0 aromatic rings. The van der Waals surface area contributed by atoms with E-state index in [1.54, 1.807) is 0 Å². The van der Waals surface area contributed by atoms with Gasteiger partial charge in [0.15, 0.2) is 0 Å². The number of quaternary nitrogens is 2. The Kier molecular flexibility index (Phi) is 34.0. The minimum absolute atomic E-state index is 0. The van der Waals surface area contributed by atoms with Crippen LogP contribution in [-0.4, -0.2) is 61.3 Å². The maximum atomic E-state index is 2.75. The third-order valence-corrected chi connectivity index (χ3v) is 7.70. The summed E-state index contributed by atoms with van der Waals surface area (Å²) in [5, 5.41) is 0. The summed E-state index contributed by atoms with van der Waals surface area (Å²) in [5.74, 6) is 0. The van der Waals surface area contributed by atoms with Gasteiger partial charge in [-0.25, -0.2) is 0 Å². The van der Waals surface area contributed by atoms with Crippen LogP contribution in [0, 0.1) is 0 Å². The summed E-state index contributed by atoms with van der Waals surface area (Å²) in [6.07, 6.45) is 22.7. The van der Waals surface area contributed by atoms with Gasteiger partial charge in [-0.1, -0.05) is 87.5 Å². The van der Waals surface area contributed by atoms with E-state index in [0.717, 1.165) is 0 Å². The Bertz CT molecular complexity index is 320. The monoisotopic (exact) mass is 628 g/mol. The molecule has 0 aromatic heterocycles. The van der Waals surface area contributed by atoms with Gasteiger partial charge in [0.2, 0.25) is 0 Å². The highest BCUT2D eigenvalue weighted by molar-refractivity contribution is 9.93. The highest BCUT2D eigenvalue weighted by Gasteiger charge is 2.24. The van der Waals surface area contributed by atoms with Crippen LogP contribution in [0.15, 0.2) is 0 Å². The summed E-state index contributed by atoms with van der Waals surface area (Å²) in [5.41, 5.74) is 0. The second-order valence-corrected chi connectivity index (χ2v) is 11.0. The highest BCUT2D eigenvalue weighted by Crippen LogP contribution is 2.18. The van der Waals surface area contributed by atoms with Gasteiger partial charge in [-0.15, -0.1) is 0 Å². The summed E-state index contributed by atoms with van der Waals surface area (Å²) < 4.78 is 2.80. The van der Waals surface area contributed by atoms with Crippen molar-refractivity contribution in [2.24, 2.45) is 0 Å². The highest BCUT2D eigenvalue weighted by atomic mass is 80.9. The fourth-order valence-corrected chi connectivity index (χ4v) is 6.50. The molecular formula is C31H70Br2N2+2. The lowest BCUT2D eigenvalue weighted by molar-refractivity contribution is -0.928. The maximum Gasteiger partial charge on any atom is 0.0786 e. The molecule has 35 heavy (non-hydrogen) atoms. The lowest BCUT2D eigenvalue weighted by atomic mass is 10.0. The van der Waals surface area contributed by atoms with E-state index in [1.165, 1.54) is 164 Å². The van der Waals surface area contributed by atoms with Crippen LogP contribution in [0.1, 0.15) is 152 Å². The zero-order valence-corrected chi connectivity index (χ0v) is 27.8. The molecule has 0 aliphatic rings. The van der Waals surface area contributed by atoms with Crippen LogP contribution < -0.4 is 0 Å². The Hall–Kier alpha value is 0.880. The average Bonchev–Trinajstić information content (AvgIpc) is 2.82. The van der Waals surface area contributed by atoms with E-state index in [-0.39, 0.29) is 7.43 Å². The molecule has 0 saturated heterocycles. The minimum Gasteiger partial charge on any atom is -0.324 e. The maximum absolute atomic E-state index is 2.75. The zero-order valence-electron chi connectivity index (χ0n) is 24.6. The summed E-state index contributed by atoms with van der Waals surface area (Å²) >= 11 is 5.50. The van der Waals surface area contributed by atoms with Gasteiger partial charge in [-0.05, 0) is 64.2 Å². The average molecular weight is 631 g/mol. The first kappa shape index (κ1) is 40.4. The molecule has 2 nitrogen and oxygen atoms in total. The van der Waals surface area contributed by atoms with Gasteiger partial charge in [0.25, 0.3) is 0 Å². The molecule has 0 aliphatic heterocycles. The van der Waals surface area contributed by atoms with Crippen LogP contribution in [-0.2, 0) is 0 Å². The van der Waals surface area contributed by atoms with Gasteiger partial charge >= 0.3 is 0 Å². The predicted molar refractivity (Wildman–Crippen MR) is 172 cm³/mol. The van der Waals surface area contributed by atoms with Crippen LogP contribution in [0.25, 0.3) is 0 Å². The fraction of sp³-hybridized carbons (Fsp3) is 1.00. The SMILES string of the molecule is BrBr.C.CCC[N+](CCC)(CCC)CCCCCCCCCCCC[N+](CCC)(CCC)CCC. The molecule has 0 saturated carbocycles. The molecule has 0 rings (SSSR count). The standard InChI is InChI=1S/C30H66N2.CH4.Br2/c1-7-23-31(24-8-2,25-9-3)29-21-19-17-15-13-14-16-18-20-22-30-32(26-10-4,27-11-5)28-12-6;;1-2/h7-30H2,1-6H3;1H4;/q+2;;. The molecule has 0 amide bonds. The molecule has 0 fully saturated rings. The number of hydrogen-bond acceptors (Lipinski definition) is 0. The van der Waals surface area contributed by atoms with Gasteiger partial charge < -0.3 is 8.97 Å². The minimum atomic E-state index is 0. The van der Waals surface area contributed by atoms with Crippen LogP contribution in [0.2, 0.25) is 0 Å². The fourth-order valence-electron chi connectivity index (χ4n) is 6.50. The largest absolute Gasteiger partial charge is 0.324 e. The van der Waals surface area contributed by atoms with E-state index in [0.29, 0.717) is 0 Å². The molecule has 0 atom stereocenters. The van der Waals surface area contributed by atoms with Crippen molar-refractivity contribution >= 4 is 28.3 Å². The Labute approximate surface area is 240 Å². The second kappa shape index (κ2) is 29.4. The summed E-state index contributed by atoms with van der Waals surface area (Å²) in [4.78, 5) is 0. The molecule has 4 heteroatoms. The first-order valence-corrected chi connectivity index (χ1v) is 19.1. The molecular weight excluding hydrogens is 560 g/mol. The Morgan fingerprint density at radius 2 is 0.486 bits per heavy atom. The zero-order chi connectivity index (χ0) is 26.0. The first-order chi connectivity index (χ1) is 16.6. The number of nitrogens with zero attached hydrogens (tertiary/aromatic N) is 2. The van der Waals surface area contributed by atoms with Crippen molar-refractivity contribution in [2.75, 3.05) is 52.4 Å². The lowest BCUT2D eigenvalue weighted by Crippen LogP contribution is -2.50. The van der Waals surface area contributed by atoms with E-state index in [2.05, 4.69) is 69.8 Å². The number of hydrogen-bond donors (Lipinski definition) is 0. The molecule has 0 bridgehead atoms. The van der Waals surface area contributed by atoms with Gasteiger partial charge in [0, 0.05) is 28.3 Å². The van der Waals surface area contributed by atoms with Crippen molar-refractivity contribution in [2.45, 2.75) is 152 Å². The smallest absolute Gasteiger partial charge is 0.0786 e. The van der Waals surface area contributed by atoms with Crippen molar-refractivity contribution in [3.63, 3.8) is 0 Å². The molecule has 0 aromatic carbocycles. The second-order valence-electron chi connectivity index (χ2n) is 11.0. The van der Waals surface area contributed by atoms with Crippen LogP contribution in [0.5, 0.6) is 0 Å². The van der Waals surface area contributed by atoms with Crippen LogP contribution in [0.4, 0.5) is 0 Å². The quantitative estimate of drug-likeness (QED) is 0.0696. The van der Waals surface area contributed by atoms with E-state index in [4.69, 9.17) is 0 Å². The summed E-state index contributed by atoms with van der Waals surface area (Å²) in [6.45, 7) is 25.5. The van der Waals surface area contributed by atoms with Crippen LogP contribution in [0.3, 0.4) is 0 Å². The molecule has 0 heterocycles.